The van der Waals surface area contributed by atoms with E-state index in [4.69, 9.17) is 14.1 Å². The summed E-state index contributed by atoms with van der Waals surface area (Å²) in [6.45, 7) is 0.681. The molecule has 4 radical (unpaired) electrons. The lowest BCUT2D eigenvalue weighted by Crippen LogP contribution is -2.07. The Hall–Kier alpha value is 0.440. The van der Waals surface area contributed by atoms with Crippen LogP contribution >= 0.6 is 15.9 Å². The van der Waals surface area contributed by atoms with Crippen LogP contribution in [0.25, 0.3) is 0 Å². The summed E-state index contributed by atoms with van der Waals surface area (Å²) in [6.07, 6.45) is 0. The molecule has 0 spiro atoms. The van der Waals surface area contributed by atoms with Crippen molar-refractivity contribution in [1.82, 2.24) is 4.90 Å². The maximum Gasteiger partial charge on any atom is 0.0443 e. The fourth-order valence-electron chi connectivity index (χ4n) is 0.0976. The molecular weight excluding hydrogens is 142 g/mol. The van der Waals surface area contributed by atoms with E-state index in [1.54, 1.807) is 0 Å². The Morgan fingerprint density at radius 1 is 1.50 bits per heavy atom. The quantitative estimate of drug-likeness (QED) is 0.417. The average molecular weight is 148 g/mol. The van der Waals surface area contributed by atoms with Gasteiger partial charge >= 0.3 is 0 Å². The summed E-state index contributed by atoms with van der Waals surface area (Å²) >= 11 is 3.15. The summed E-state index contributed by atoms with van der Waals surface area (Å²) < 4.78 is 0. The monoisotopic (exact) mass is 147 g/mol. The minimum absolute atomic E-state index is 0.681. The molecule has 0 aromatic rings. The molecule has 34 valence electrons. The first-order valence-corrected chi connectivity index (χ1v) is 2.72. The van der Waals surface area contributed by atoms with Crippen LogP contribution in [-0.2, 0) is 0 Å². The lowest BCUT2D eigenvalue weighted by atomic mass is 10.7. The third-order valence-corrected chi connectivity index (χ3v) is 0.697. The normalized spacial score (nSPS) is 10.0. The predicted molar refractivity (Wildman–Crippen MR) is 29.1 cm³/mol. The number of hydrogen-bond acceptors (Lipinski definition) is 1. The molecule has 6 heavy (non-hydrogen) atoms. The van der Waals surface area contributed by atoms with Crippen LogP contribution in [-0.4, -0.2) is 16.8 Å². The number of halogens is 1. The van der Waals surface area contributed by atoms with Crippen molar-refractivity contribution in [3.63, 3.8) is 0 Å². The maximum atomic E-state index is 4.98. The SMILES string of the molecule is [CH]N([CH])CCBr. The molecule has 0 amide bonds. The molecule has 0 aliphatic rings. The molecule has 0 rings (SSSR count). The average Bonchev–Trinajstić information content (AvgIpc) is 1.35. The van der Waals surface area contributed by atoms with Gasteiger partial charge in [0.05, 0.1) is 0 Å². The zero-order chi connectivity index (χ0) is 4.99. The van der Waals surface area contributed by atoms with Gasteiger partial charge in [0, 0.05) is 26.0 Å². The first kappa shape index (κ1) is 6.44. The van der Waals surface area contributed by atoms with Crippen molar-refractivity contribution in [3.8, 4) is 0 Å². The van der Waals surface area contributed by atoms with Gasteiger partial charge in [0.15, 0.2) is 0 Å². The van der Waals surface area contributed by atoms with Crippen molar-refractivity contribution in [2.45, 2.75) is 0 Å². The van der Waals surface area contributed by atoms with Crippen molar-refractivity contribution in [3.05, 3.63) is 14.1 Å². The molecule has 0 bridgehead atoms. The molecule has 0 heterocycles. The van der Waals surface area contributed by atoms with E-state index in [-0.39, 0.29) is 0 Å². The molecule has 0 atom stereocenters. The van der Waals surface area contributed by atoms with E-state index in [1.165, 1.54) is 0 Å². The second-order valence-electron chi connectivity index (χ2n) is 0.927. The molecule has 0 aromatic heterocycles. The van der Waals surface area contributed by atoms with Gasteiger partial charge in [0.1, 0.15) is 0 Å². The minimum atomic E-state index is 0.681. The van der Waals surface area contributed by atoms with Crippen LogP contribution in [0.2, 0.25) is 0 Å². The van der Waals surface area contributed by atoms with Gasteiger partial charge in [-0.25, -0.2) is 0 Å². The van der Waals surface area contributed by atoms with E-state index in [2.05, 4.69) is 15.9 Å². The molecule has 0 aliphatic carbocycles. The van der Waals surface area contributed by atoms with Gasteiger partial charge in [0.2, 0.25) is 0 Å². The van der Waals surface area contributed by atoms with Crippen LogP contribution in [0, 0.1) is 14.1 Å². The second kappa shape index (κ2) is 3.62. The van der Waals surface area contributed by atoms with Crippen molar-refractivity contribution in [2.24, 2.45) is 0 Å². The van der Waals surface area contributed by atoms with Gasteiger partial charge < -0.3 is 0 Å². The molecule has 0 N–H and O–H groups in total. The molecule has 2 heteroatoms. The summed E-state index contributed by atoms with van der Waals surface area (Å²) in [5.74, 6) is 0. The van der Waals surface area contributed by atoms with E-state index in [0.717, 1.165) is 10.2 Å². The van der Waals surface area contributed by atoms with Crippen molar-refractivity contribution >= 4 is 15.9 Å². The van der Waals surface area contributed by atoms with Crippen molar-refractivity contribution in [1.29, 1.82) is 0 Å². The van der Waals surface area contributed by atoms with E-state index >= 15 is 0 Å². The fourth-order valence-corrected chi connectivity index (χ4v) is 0.507. The van der Waals surface area contributed by atoms with Gasteiger partial charge in [0.25, 0.3) is 0 Å². The summed E-state index contributed by atoms with van der Waals surface area (Å²) in [6, 6.07) is 0. The molecular formula is C4H6BrN. The summed E-state index contributed by atoms with van der Waals surface area (Å²) in [7, 11) is 9.97. The number of hydrogen-bond donors (Lipinski definition) is 0. The van der Waals surface area contributed by atoms with E-state index in [9.17, 15) is 0 Å². The van der Waals surface area contributed by atoms with Crippen molar-refractivity contribution < 1.29 is 0 Å². The highest BCUT2D eigenvalue weighted by atomic mass is 79.9. The van der Waals surface area contributed by atoms with Crippen LogP contribution in [0.15, 0.2) is 0 Å². The highest BCUT2D eigenvalue weighted by Crippen LogP contribution is 1.82. The van der Waals surface area contributed by atoms with E-state index < -0.39 is 0 Å². The van der Waals surface area contributed by atoms with Crippen LogP contribution in [0.3, 0.4) is 0 Å². The smallest absolute Gasteiger partial charge is 0.0443 e. The van der Waals surface area contributed by atoms with Crippen LogP contribution in [0.4, 0.5) is 0 Å². The van der Waals surface area contributed by atoms with Gasteiger partial charge in [-0.1, -0.05) is 15.9 Å². The molecule has 0 saturated heterocycles. The Balaban J connectivity index is 2.63. The summed E-state index contributed by atoms with van der Waals surface area (Å²) in [5.41, 5.74) is 0. The third-order valence-electron chi connectivity index (χ3n) is 0.343. The number of alkyl halides is 1. The van der Waals surface area contributed by atoms with Gasteiger partial charge in [-0.3, -0.25) is 4.90 Å². The highest BCUT2D eigenvalue weighted by Gasteiger charge is 1.82. The molecule has 0 unspecified atom stereocenters. The zero-order valence-corrected chi connectivity index (χ0v) is 4.98. The molecule has 0 saturated carbocycles. The first-order chi connectivity index (χ1) is 2.77. The lowest BCUT2D eigenvalue weighted by molar-refractivity contribution is 0.531. The Morgan fingerprint density at radius 2 is 2.00 bits per heavy atom. The van der Waals surface area contributed by atoms with Crippen molar-refractivity contribution in [2.75, 3.05) is 11.9 Å². The Bertz CT molecular complexity index is 28.7. The van der Waals surface area contributed by atoms with Crippen LogP contribution in [0.5, 0.6) is 0 Å². The summed E-state index contributed by atoms with van der Waals surface area (Å²) in [5, 5.41) is 0.819. The third kappa shape index (κ3) is 4.44. The molecule has 1 nitrogen and oxygen atoms in total. The Morgan fingerprint density at radius 3 is 2.00 bits per heavy atom. The fraction of sp³-hybridized carbons (Fsp3) is 0.500. The van der Waals surface area contributed by atoms with Gasteiger partial charge in [-0.15, -0.1) is 0 Å². The van der Waals surface area contributed by atoms with Gasteiger partial charge in [-0.05, 0) is 0 Å². The van der Waals surface area contributed by atoms with E-state index in [0.29, 0.717) is 6.54 Å². The first-order valence-electron chi connectivity index (χ1n) is 1.60. The lowest BCUT2D eigenvalue weighted by Gasteiger charge is -2.01. The number of nitrogens with zero attached hydrogens (tertiary/aromatic N) is 1. The Labute approximate surface area is 47.5 Å². The zero-order valence-electron chi connectivity index (χ0n) is 3.39. The standard InChI is InChI=1S/C4H6BrN/c1-6(2)4-3-5/h1-2H,3-4H2. The van der Waals surface area contributed by atoms with Crippen LogP contribution < -0.4 is 0 Å². The minimum Gasteiger partial charge on any atom is -0.290 e. The topological polar surface area (TPSA) is 3.24 Å². The maximum absolute atomic E-state index is 4.98. The largest absolute Gasteiger partial charge is 0.290 e. The van der Waals surface area contributed by atoms with Crippen LogP contribution in [0.1, 0.15) is 0 Å². The van der Waals surface area contributed by atoms with E-state index in [1.807, 2.05) is 0 Å². The predicted octanol–water partition coefficient (Wildman–Crippen LogP) is 1.02. The second-order valence-corrected chi connectivity index (χ2v) is 1.72. The molecule has 0 aromatic carbocycles. The molecule has 0 aliphatic heterocycles. The summed E-state index contributed by atoms with van der Waals surface area (Å²) in [4.78, 5) is 1.13. The molecule has 0 fully saturated rings. The highest BCUT2D eigenvalue weighted by molar-refractivity contribution is 9.09. The number of rotatable bonds is 2. The Kier molecular flexibility index (Phi) is 3.89. The van der Waals surface area contributed by atoms with Gasteiger partial charge in [-0.2, -0.15) is 0 Å².